The summed E-state index contributed by atoms with van der Waals surface area (Å²) in [5, 5.41) is 0. The molecule has 0 radical (unpaired) electrons. The van der Waals surface area contributed by atoms with E-state index in [4.69, 9.17) is 0 Å². The van der Waals surface area contributed by atoms with Crippen LogP contribution in [0.15, 0.2) is 24.4 Å². The van der Waals surface area contributed by atoms with Crippen LogP contribution in [0, 0.1) is 10.8 Å². The molecule has 1 aliphatic rings. The molecule has 1 heteroatoms. The second kappa shape index (κ2) is 3.65. The number of hydrogen-bond donors (Lipinski definition) is 1. The Bertz CT molecular complexity index is 404. The van der Waals surface area contributed by atoms with Crippen LogP contribution in [-0.4, -0.2) is 4.98 Å². The number of nitrogens with one attached hydrogen (secondary N) is 1. The van der Waals surface area contributed by atoms with Crippen LogP contribution in [-0.2, 0) is 0 Å². The average molecular weight is 215 g/mol. The number of hydrogen-bond acceptors (Lipinski definition) is 0. The molecule has 86 valence electrons. The highest BCUT2D eigenvalue weighted by atomic mass is 14.7. The van der Waals surface area contributed by atoms with Gasteiger partial charge in [0, 0.05) is 17.3 Å². The lowest BCUT2D eigenvalue weighted by Gasteiger charge is -2.39. The van der Waals surface area contributed by atoms with Gasteiger partial charge in [-0.25, -0.2) is 0 Å². The first-order chi connectivity index (χ1) is 7.48. The minimum atomic E-state index is 0.127. The maximum Gasteiger partial charge on any atom is 0.0450 e. The van der Waals surface area contributed by atoms with E-state index in [2.05, 4.69) is 63.0 Å². The highest BCUT2D eigenvalue weighted by Gasteiger charge is 2.35. The molecule has 1 aromatic rings. The van der Waals surface area contributed by atoms with Gasteiger partial charge >= 0.3 is 0 Å². The molecular formula is C15H21N. The van der Waals surface area contributed by atoms with Crippen LogP contribution in [0.25, 0.3) is 12.2 Å². The lowest BCUT2D eigenvalue weighted by molar-refractivity contribution is 0.192. The van der Waals surface area contributed by atoms with E-state index in [1.54, 1.807) is 0 Å². The topological polar surface area (TPSA) is 15.8 Å². The van der Waals surface area contributed by atoms with Crippen molar-refractivity contribution in [1.29, 1.82) is 0 Å². The summed E-state index contributed by atoms with van der Waals surface area (Å²) in [4.78, 5) is 3.27. The summed E-state index contributed by atoms with van der Waals surface area (Å²) >= 11 is 0. The fourth-order valence-electron chi connectivity index (χ4n) is 2.09. The molecule has 0 amide bonds. The Balaban J connectivity index is 2.43. The van der Waals surface area contributed by atoms with E-state index in [-0.39, 0.29) is 10.8 Å². The largest absolute Gasteiger partial charge is 0.361 e. The summed E-state index contributed by atoms with van der Waals surface area (Å²) in [5.74, 6) is 0. The van der Waals surface area contributed by atoms with Crippen LogP contribution < -0.4 is 0 Å². The summed E-state index contributed by atoms with van der Waals surface area (Å²) in [5.41, 5.74) is 2.91. The van der Waals surface area contributed by atoms with E-state index < -0.39 is 0 Å². The molecule has 1 N–H and O–H groups in total. The van der Waals surface area contributed by atoms with Crippen molar-refractivity contribution < 1.29 is 0 Å². The molecule has 1 heterocycles. The maximum atomic E-state index is 3.27. The minimum Gasteiger partial charge on any atom is -0.361 e. The Hall–Kier alpha value is -1.24. The van der Waals surface area contributed by atoms with Crippen molar-refractivity contribution in [3.8, 4) is 0 Å². The molecule has 1 nitrogen and oxygen atoms in total. The van der Waals surface area contributed by atoms with Gasteiger partial charge in [0.2, 0.25) is 0 Å². The summed E-state index contributed by atoms with van der Waals surface area (Å²) in [6.07, 6.45) is 12.3. The number of aromatic nitrogens is 1. The first-order valence-corrected chi connectivity index (χ1v) is 6.04. The zero-order valence-electron chi connectivity index (χ0n) is 10.7. The van der Waals surface area contributed by atoms with Crippen LogP contribution in [0.2, 0.25) is 0 Å². The lowest BCUT2D eigenvalue weighted by atomic mass is 9.65. The fourth-order valence-corrected chi connectivity index (χ4v) is 2.09. The molecular weight excluding hydrogens is 194 g/mol. The molecule has 0 aliphatic heterocycles. The molecule has 0 saturated carbocycles. The van der Waals surface area contributed by atoms with E-state index in [0.29, 0.717) is 0 Å². The number of H-pyrrole nitrogens is 1. The Morgan fingerprint density at radius 1 is 1.25 bits per heavy atom. The van der Waals surface area contributed by atoms with Gasteiger partial charge < -0.3 is 4.98 Å². The predicted octanol–water partition coefficient (Wildman–Crippen LogP) is 4.50. The van der Waals surface area contributed by atoms with Crippen LogP contribution in [0.3, 0.4) is 0 Å². The highest BCUT2D eigenvalue weighted by molar-refractivity contribution is 5.66. The third kappa shape index (κ3) is 1.64. The van der Waals surface area contributed by atoms with Gasteiger partial charge in [-0.05, 0) is 29.5 Å². The number of allylic oxidation sites excluding steroid dienone is 2. The molecule has 1 aliphatic carbocycles. The average Bonchev–Trinajstić information content (AvgIpc) is 2.64. The third-order valence-corrected chi connectivity index (χ3v) is 4.36. The van der Waals surface area contributed by atoms with Crippen LogP contribution in [0.1, 0.15) is 45.4 Å². The molecule has 0 aromatic carbocycles. The van der Waals surface area contributed by atoms with Gasteiger partial charge in [-0.3, -0.25) is 0 Å². The van der Waals surface area contributed by atoms with Crippen molar-refractivity contribution in [2.45, 2.75) is 34.1 Å². The molecule has 2 rings (SSSR count). The van der Waals surface area contributed by atoms with Crippen molar-refractivity contribution in [3.05, 3.63) is 35.7 Å². The molecule has 1 aromatic heterocycles. The SMILES string of the molecule is CCC(C)(C)C1(C)C=Cc2cc[nH]c2C=C1. The predicted molar refractivity (Wildman–Crippen MR) is 71.0 cm³/mol. The normalized spacial score (nSPS) is 24.2. The standard InChI is InChI=1S/C15H21N/c1-5-14(2,3)15(4)9-6-12-8-11-16-13(12)7-10-15/h6-11,16H,5H2,1-4H3. The van der Waals surface area contributed by atoms with E-state index in [9.17, 15) is 0 Å². The number of aromatic amines is 1. The molecule has 0 bridgehead atoms. The van der Waals surface area contributed by atoms with Gasteiger partial charge in [0.15, 0.2) is 0 Å². The lowest BCUT2D eigenvalue weighted by Crippen LogP contribution is -2.30. The third-order valence-electron chi connectivity index (χ3n) is 4.36. The molecule has 0 saturated heterocycles. The van der Waals surface area contributed by atoms with E-state index >= 15 is 0 Å². The van der Waals surface area contributed by atoms with E-state index in [1.807, 2.05) is 6.20 Å². The molecule has 1 atom stereocenters. The van der Waals surface area contributed by atoms with Crippen molar-refractivity contribution >= 4 is 12.2 Å². The van der Waals surface area contributed by atoms with Gasteiger partial charge in [-0.15, -0.1) is 0 Å². The Kier molecular flexibility index (Phi) is 2.57. The monoisotopic (exact) mass is 215 g/mol. The van der Waals surface area contributed by atoms with Crippen molar-refractivity contribution in [2.24, 2.45) is 10.8 Å². The van der Waals surface area contributed by atoms with Crippen molar-refractivity contribution in [1.82, 2.24) is 4.98 Å². The summed E-state index contributed by atoms with van der Waals surface area (Å²) in [7, 11) is 0. The Morgan fingerprint density at radius 2 is 1.94 bits per heavy atom. The van der Waals surface area contributed by atoms with Gasteiger partial charge in [0.25, 0.3) is 0 Å². The van der Waals surface area contributed by atoms with Crippen molar-refractivity contribution in [3.63, 3.8) is 0 Å². The van der Waals surface area contributed by atoms with Crippen LogP contribution in [0.5, 0.6) is 0 Å². The van der Waals surface area contributed by atoms with E-state index in [1.165, 1.54) is 17.7 Å². The zero-order chi connectivity index (χ0) is 11.8. The first kappa shape index (κ1) is 11.3. The summed E-state index contributed by atoms with van der Waals surface area (Å²) in [6, 6.07) is 2.13. The van der Waals surface area contributed by atoms with Gasteiger partial charge in [-0.2, -0.15) is 0 Å². The first-order valence-electron chi connectivity index (χ1n) is 6.04. The highest BCUT2D eigenvalue weighted by Crippen LogP contribution is 2.45. The summed E-state index contributed by atoms with van der Waals surface area (Å²) in [6.45, 7) is 9.25. The number of fused-ring (bicyclic) bond motifs is 1. The van der Waals surface area contributed by atoms with Crippen LogP contribution in [0.4, 0.5) is 0 Å². The summed E-state index contributed by atoms with van der Waals surface area (Å²) < 4.78 is 0. The van der Waals surface area contributed by atoms with E-state index in [0.717, 1.165) is 0 Å². The Labute approximate surface area is 98.3 Å². The smallest absolute Gasteiger partial charge is 0.0450 e. The van der Waals surface area contributed by atoms with Gasteiger partial charge in [0.1, 0.15) is 0 Å². The fraction of sp³-hybridized carbons (Fsp3) is 0.467. The van der Waals surface area contributed by atoms with Crippen molar-refractivity contribution in [2.75, 3.05) is 0 Å². The minimum absolute atomic E-state index is 0.127. The van der Waals surface area contributed by atoms with Gasteiger partial charge in [0.05, 0.1) is 0 Å². The molecule has 16 heavy (non-hydrogen) atoms. The molecule has 0 fully saturated rings. The number of rotatable bonds is 2. The molecule has 0 spiro atoms. The maximum absolute atomic E-state index is 3.27. The quantitative estimate of drug-likeness (QED) is 0.747. The van der Waals surface area contributed by atoms with Crippen LogP contribution >= 0.6 is 0 Å². The second-order valence-corrected chi connectivity index (χ2v) is 5.53. The van der Waals surface area contributed by atoms with Gasteiger partial charge in [-0.1, -0.05) is 45.9 Å². The second-order valence-electron chi connectivity index (χ2n) is 5.53. The molecule has 1 unspecified atom stereocenters. The Morgan fingerprint density at radius 3 is 2.62 bits per heavy atom. The zero-order valence-corrected chi connectivity index (χ0v) is 10.7.